The van der Waals surface area contributed by atoms with Gasteiger partial charge in [-0.05, 0) is 101 Å². The van der Waals surface area contributed by atoms with E-state index in [2.05, 4.69) is 67.2 Å². The average molecular weight is 900 g/mol. The molecular formula is C50H75ClN2O10. The van der Waals surface area contributed by atoms with Gasteiger partial charge in [0.1, 0.15) is 11.5 Å². The highest BCUT2D eigenvalue weighted by molar-refractivity contribution is 6.61. The van der Waals surface area contributed by atoms with Gasteiger partial charge in [-0.1, -0.05) is 140 Å². The van der Waals surface area contributed by atoms with Gasteiger partial charge in [-0.25, -0.2) is 9.59 Å². The Labute approximate surface area is 382 Å². The van der Waals surface area contributed by atoms with Crippen molar-refractivity contribution in [1.82, 2.24) is 0 Å². The summed E-state index contributed by atoms with van der Waals surface area (Å²) >= 11 is 4.92. The summed E-state index contributed by atoms with van der Waals surface area (Å²) < 4.78 is 14.5. The predicted molar refractivity (Wildman–Crippen MR) is 256 cm³/mol. The lowest BCUT2D eigenvalue weighted by Crippen LogP contribution is -2.11. The van der Waals surface area contributed by atoms with Crippen molar-refractivity contribution in [2.75, 3.05) is 13.2 Å². The molecule has 0 spiro atoms. The molecule has 2 rings (SSSR count). The van der Waals surface area contributed by atoms with Crippen molar-refractivity contribution in [3.05, 3.63) is 117 Å². The monoisotopic (exact) mass is 899 g/mol. The van der Waals surface area contributed by atoms with Gasteiger partial charge in [-0.2, -0.15) is 0 Å². The molecule has 0 saturated carbocycles. The molecule has 0 unspecified atom stereocenters. The van der Waals surface area contributed by atoms with Crippen molar-refractivity contribution in [1.29, 1.82) is 0 Å². The second-order valence-electron chi connectivity index (χ2n) is 14.9. The van der Waals surface area contributed by atoms with Crippen LogP contribution in [0.1, 0.15) is 168 Å². The van der Waals surface area contributed by atoms with E-state index in [0.29, 0.717) is 13.2 Å². The van der Waals surface area contributed by atoms with Gasteiger partial charge in [-0.15, -0.1) is 0 Å². The first-order chi connectivity index (χ1) is 30.6. The lowest BCUT2D eigenvalue weighted by atomic mass is 10.1. The van der Waals surface area contributed by atoms with E-state index >= 15 is 0 Å². The molecule has 0 radical (unpaired) electrons. The third-order valence-electron chi connectivity index (χ3n) is 9.42. The Morgan fingerprint density at radius 2 is 0.873 bits per heavy atom. The second-order valence-corrected chi connectivity index (χ2v) is 15.2. The van der Waals surface area contributed by atoms with Crippen LogP contribution >= 0.6 is 11.6 Å². The van der Waals surface area contributed by atoms with Crippen molar-refractivity contribution in [2.45, 2.75) is 168 Å². The Bertz CT molecular complexity index is 1560. The minimum absolute atomic E-state index is 0.0536. The van der Waals surface area contributed by atoms with Crippen LogP contribution in [0.15, 0.2) is 97.1 Å². The summed E-state index contributed by atoms with van der Waals surface area (Å²) in [5.41, 5.74) is -1.11. The average Bonchev–Trinajstić information content (AvgIpc) is 3.26. The molecule has 2 aromatic carbocycles. The van der Waals surface area contributed by atoms with Gasteiger partial charge in [0, 0.05) is 42.5 Å². The van der Waals surface area contributed by atoms with Gasteiger partial charge < -0.3 is 19.3 Å². The number of unbranched alkanes of at least 4 members (excludes halogenated alkanes) is 18. The number of nitro benzene ring substituents is 2. The maximum absolute atomic E-state index is 11.6. The lowest BCUT2D eigenvalue weighted by Gasteiger charge is -2.06. The summed E-state index contributed by atoms with van der Waals surface area (Å²) in [5, 5.41) is 29.4. The number of allylic oxidation sites excluding steroid dienone is 8. The SMILES string of the molecule is CCCCC/C=C\C/C=C\CCCCCCCCO.CCCCC/C=C\C/C=C\CCCCCCCCOC(=O)Oc1ccc([N+](=O)[O-])cc1.O=C(Cl)Oc1ccc([N+](=O)[O-])cc1. The van der Waals surface area contributed by atoms with Crippen molar-refractivity contribution in [3.63, 3.8) is 0 Å². The highest BCUT2D eigenvalue weighted by atomic mass is 35.5. The standard InChI is InChI=1S/C25H37NO5.C18H34O.C7H4ClNO4/c1-2-3-4-5-6-7-8-9-10-11-12-13-14-15-16-17-22-30-25(27)31-24-20-18-23(19-21-24)26(28)29;1-2-3-4-5-6-7-8-9-10-11-12-13-14-15-16-17-18-19;8-7(10)13-6-3-1-5(2-4-6)9(11)12/h6-7,9-10,18-21H,2-5,8,11-17,22H2,1H3;6-7,9-10,19H,2-5,8,11-18H2,1H3;1-4H/b2*7-6-,10-9-;. The zero-order valence-electron chi connectivity index (χ0n) is 38.0. The van der Waals surface area contributed by atoms with Gasteiger partial charge in [0.25, 0.3) is 11.4 Å². The molecule has 2 aromatic rings. The van der Waals surface area contributed by atoms with Gasteiger partial charge in [0.05, 0.1) is 16.5 Å². The normalized spacial score (nSPS) is 11.0. The van der Waals surface area contributed by atoms with Crippen molar-refractivity contribution >= 4 is 34.6 Å². The summed E-state index contributed by atoms with van der Waals surface area (Å²) in [4.78, 5) is 41.6. The number of carbonyl (C=O) groups is 2. The molecule has 0 bridgehead atoms. The number of aliphatic hydroxyl groups excluding tert-OH is 1. The first-order valence-corrected chi connectivity index (χ1v) is 23.4. The van der Waals surface area contributed by atoms with E-state index < -0.39 is 21.4 Å². The number of ether oxygens (including phenoxy) is 3. The summed E-state index contributed by atoms with van der Waals surface area (Å²) in [6, 6.07) is 10.3. The van der Waals surface area contributed by atoms with Crippen LogP contribution in [0.3, 0.4) is 0 Å². The van der Waals surface area contributed by atoms with Crippen molar-refractivity contribution < 1.29 is 38.8 Å². The number of hydrogen-bond acceptors (Lipinski definition) is 10. The molecule has 0 aromatic heterocycles. The number of hydrogen-bond donors (Lipinski definition) is 1. The number of nitrogens with zero attached hydrogens (tertiary/aromatic N) is 2. The van der Waals surface area contributed by atoms with E-state index in [-0.39, 0.29) is 22.9 Å². The van der Waals surface area contributed by atoms with E-state index in [1.807, 2.05) is 0 Å². The number of rotatable bonds is 33. The fourth-order valence-corrected chi connectivity index (χ4v) is 5.92. The van der Waals surface area contributed by atoms with E-state index in [1.54, 1.807) is 0 Å². The van der Waals surface area contributed by atoms with E-state index in [4.69, 9.17) is 26.2 Å². The van der Waals surface area contributed by atoms with Crippen LogP contribution in [0.5, 0.6) is 11.5 Å². The predicted octanol–water partition coefficient (Wildman–Crippen LogP) is 16.0. The molecule has 352 valence electrons. The fourth-order valence-electron chi connectivity index (χ4n) is 5.84. The zero-order chi connectivity index (χ0) is 46.4. The van der Waals surface area contributed by atoms with Gasteiger partial charge in [0.2, 0.25) is 0 Å². The smallest absolute Gasteiger partial charge is 0.434 e. The van der Waals surface area contributed by atoms with Crippen LogP contribution in [0.2, 0.25) is 0 Å². The van der Waals surface area contributed by atoms with Crippen molar-refractivity contribution in [3.8, 4) is 11.5 Å². The third-order valence-corrected chi connectivity index (χ3v) is 9.50. The molecule has 0 aliphatic carbocycles. The topological polar surface area (TPSA) is 168 Å². The molecule has 0 aliphatic rings. The van der Waals surface area contributed by atoms with Gasteiger partial charge in [-0.3, -0.25) is 20.2 Å². The Balaban J connectivity index is 0.00000102. The maximum Gasteiger partial charge on any atom is 0.513 e. The molecule has 13 heteroatoms. The second kappa shape index (κ2) is 43.8. The Kier molecular flexibility index (Phi) is 40.5. The number of aliphatic hydroxyl groups is 1. The molecule has 0 heterocycles. The molecule has 0 atom stereocenters. The molecule has 0 aliphatic heterocycles. The molecule has 0 fully saturated rings. The maximum atomic E-state index is 11.6. The summed E-state index contributed by atoms with van der Waals surface area (Å²) in [6.07, 6.45) is 46.4. The summed E-state index contributed by atoms with van der Waals surface area (Å²) in [5.74, 6) is 0.401. The van der Waals surface area contributed by atoms with Crippen molar-refractivity contribution in [2.24, 2.45) is 0 Å². The highest BCUT2D eigenvalue weighted by Gasteiger charge is 2.09. The number of benzene rings is 2. The van der Waals surface area contributed by atoms with E-state index in [9.17, 15) is 29.8 Å². The van der Waals surface area contributed by atoms with Gasteiger partial charge >= 0.3 is 11.6 Å². The van der Waals surface area contributed by atoms with Crippen LogP contribution in [-0.4, -0.2) is 39.8 Å². The number of nitro groups is 2. The Morgan fingerprint density at radius 1 is 0.524 bits per heavy atom. The van der Waals surface area contributed by atoms with Gasteiger partial charge in [0.15, 0.2) is 0 Å². The number of non-ortho nitro benzene ring substituents is 2. The summed E-state index contributed by atoms with van der Waals surface area (Å²) in [7, 11) is 0. The molecule has 1 N–H and O–H groups in total. The van der Waals surface area contributed by atoms with Crippen LogP contribution in [0.4, 0.5) is 21.0 Å². The quantitative estimate of drug-likeness (QED) is 0.0138. The first-order valence-electron chi connectivity index (χ1n) is 23.1. The molecule has 0 amide bonds. The largest absolute Gasteiger partial charge is 0.513 e. The lowest BCUT2D eigenvalue weighted by molar-refractivity contribution is -0.385. The Morgan fingerprint density at radius 3 is 1.24 bits per heavy atom. The number of halogens is 1. The third kappa shape index (κ3) is 39.8. The van der Waals surface area contributed by atoms with Crippen LogP contribution in [-0.2, 0) is 4.74 Å². The fraction of sp³-hybridized carbons (Fsp3) is 0.560. The highest BCUT2D eigenvalue weighted by Crippen LogP contribution is 2.19. The zero-order valence-corrected chi connectivity index (χ0v) is 38.8. The van der Waals surface area contributed by atoms with Crippen LogP contribution in [0, 0.1) is 20.2 Å². The molecule has 63 heavy (non-hydrogen) atoms. The minimum Gasteiger partial charge on any atom is -0.434 e. The summed E-state index contributed by atoms with van der Waals surface area (Å²) in [6.45, 7) is 5.15. The minimum atomic E-state index is -0.978. The molecule has 0 saturated heterocycles. The van der Waals surface area contributed by atoms with E-state index in [0.717, 1.165) is 44.9 Å². The van der Waals surface area contributed by atoms with Crippen LogP contribution < -0.4 is 9.47 Å². The Hall–Kier alpha value is -4.81. The first kappa shape index (κ1) is 58.2. The molecular weight excluding hydrogens is 824 g/mol. The van der Waals surface area contributed by atoms with Crippen LogP contribution in [0.25, 0.3) is 0 Å². The van der Waals surface area contributed by atoms with E-state index in [1.165, 1.54) is 158 Å². The molecule has 12 nitrogen and oxygen atoms in total. The number of carbonyl (C=O) groups excluding carboxylic acids is 2.